The highest BCUT2D eigenvalue weighted by molar-refractivity contribution is 5.95. The Morgan fingerprint density at radius 1 is 1.15 bits per heavy atom. The summed E-state index contributed by atoms with van der Waals surface area (Å²) in [6.07, 6.45) is 1.63. The zero-order valence-electron chi connectivity index (χ0n) is 17.4. The Hall–Kier alpha value is -2.24. The number of carbonyl (C=O) groups excluding carboxylic acids is 2. The van der Waals surface area contributed by atoms with Crippen molar-refractivity contribution in [2.45, 2.75) is 58.6 Å². The van der Waals surface area contributed by atoms with Gasteiger partial charge in [0.2, 0.25) is 0 Å². The Balaban J connectivity index is 2.00. The van der Waals surface area contributed by atoms with E-state index in [-0.39, 0.29) is 5.91 Å². The molecule has 0 bridgehead atoms. The zero-order chi connectivity index (χ0) is 20.2. The van der Waals surface area contributed by atoms with E-state index < -0.39 is 17.2 Å². The first-order valence-electron chi connectivity index (χ1n) is 9.64. The van der Waals surface area contributed by atoms with Gasteiger partial charge in [-0.15, -0.1) is 0 Å². The highest BCUT2D eigenvalue weighted by atomic mass is 16.6. The van der Waals surface area contributed by atoms with E-state index in [1.54, 1.807) is 0 Å². The van der Waals surface area contributed by atoms with Crippen LogP contribution < -0.4 is 15.5 Å². The lowest BCUT2D eigenvalue weighted by Crippen LogP contribution is -2.55. The predicted molar refractivity (Wildman–Crippen MR) is 108 cm³/mol. The van der Waals surface area contributed by atoms with E-state index in [9.17, 15) is 9.59 Å². The molecule has 2 amide bonds. The number of benzene rings is 1. The highest BCUT2D eigenvalue weighted by Crippen LogP contribution is 2.39. The van der Waals surface area contributed by atoms with E-state index in [0.29, 0.717) is 18.0 Å². The van der Waals surface area contributed by atoms with Gasteiger partial charge in [0, 0.05) is 31.4 Å². The van der Waals surface area contributed by atoms with Crippen molar-refractivity contribution < 1.29 is 14.3 Å². The number of alkyl carbamates (subject to hydrolysis) is 1. The highest BCUT2D eigenvalue weighted by Gasteiger charge is 2.43. The molecule has 1 aromatic rings. The van der Waals surface area contributed by atoms with Crippen molar-refractivity contribution in [3.05, 3.63) is 29.8 Å². The van der Waals surface area contributed by atoms with Crippen LogP contribution in [0.4, 0.5) is 10.5 Å². The van der Waals surface area contributed by atoms with E-state index in [1.165, 1.54) is 0 Å². The number of hydrogen-bond donors (Lipinski definition) is 2. The first-order valence-corrected chi connectivity index (χ1v) is 9.64. The Labute approximate surface area is 162 Å². The number of ether oxygens (including phenoxy) is 1. The summed E-state index contributed by atoms with van der Waals surface area (Å²) >= 11 is 0. The van der Waals surface area contributed by atoms with Crippen molar-refractivity contribution in [1.82, 2.24) is 10.6 Å². The molecule has 1 saturated carbocycles. The topological polar surface area (TPSA) is 70.7 Å². The molecule has 0 saturated heterocycles. The summed E-state index contributed by atoms with van der Waals surface area (Å²) in [4.78, 5) is 26.8. The first kappa shape index (κ1) is 21.1. The summed E-state index contributed by atoms with van der Waals surface area (Å²) in [5, 5.41) is 5.94. The minimum Gasteiger partial charge on any atom is -0.444 e. The second-order valence-electron chi connectivity index (χ2n) is 8.56. The summed E-state index contributed by atoms with van der Waals surface area (Å²) in [5.41, 5.74) is 0.654. The molecule has 1 aliphatic rings. The number of nitrogens with one attached hydrogen (secondary N) is 2. The van der Waals surface area contributed by atoms with Crippen LogP contribution in [0, 0.1) is 5.92 Å². The Kier molecular flexibility index (Phi) is 6.39. The number of anilines is 1. The monoisotopic (exact) mass is 375 g/mol. The third-order valence-electron chi connectivity index (χ3n) is 4.92. The van der Waals surface area contributed by atoms with Gasteiger partial charge in [-0.3, -0.25) is 4.79 Å². The number of rotatable bonds is 7. The molecular weight excluding hydrogens is 342 g/mol. The predicted octanol–water partition coefficient (Wildman–Crippen LogP) is 3.57. The van der Waals surface area contributed by atoms with E-state index in [2.05, 4.69) is 22.5 Å². The lowest BCUT2D eigenvalue weighted by atomic mass is 9.95. The molecule has 0 aliphatic heterocycles. The molecule has 0 aromatic heterocycles. The summed E-state index contributed by atoms with van der Waals surface area (Å²) in [6.45, 7) is 10.8. The molecule has 6 heteroatoms. The summed E-state index contributed by atoms with van der Waals surface area (Å²) in [6, 6.07) is 7.58. The normalized spacial score (nSPS) is 16.2. The summed E-state index contributed by atoms with van der Waals surface area (Å²) in [5.74, 6) is 0.239. The van der Waals surface area contributed by atoms with Crippen LogP contribution >= 0.6 is 0 Å². The quantitative estimate of drug-likeness (QED) is 0.764. The first-order chi connectivity index (χ1) is 12.5. The van der Waals surface area contributed by atoms with E-state index in [1.807, 2.05) is 59.0 Å². The molecule has 6 nitrogen and oxygen atoms in total. The molecule has 0 spiro atoms. The second kappa shape index (κ2) is 8.19. The van der Waals surface area contributed by atoms with Crippen molar-refractivity contribution in [3.63, 3.8) is 0 Å². The Bertz CT molecular complexity index is 662. The zero-order valence-corrected chi connectivity index (χ0v) is 17.4. The molecule has 2 N–H and O–H groups in total. The maximum Gasteiger partial charge on any atom is 0.407 e. The van der Waals surface area contributed by atoms with Gasteiger partial charge in [-0.1, -0.05) is 0 Å². The van der Waals surface area contributed by atoms with Crippen molar-refractivity contribution in [3.8, 4) is 0 Å². The van der Waals surface area contributed by atoms with Crippen LogP contribution in [-0.4, -0.2) is 43.3 Å². The molecule has 1 aromatic carbocycles. The van der Waals surface area contributed by atoms with Gasteiger partial charge in [-0.25, -0.2) is 4.79 Å². The van der Waals surface area contributed by atoms with E-state index in [4.69, 9.17) is 4.74 Å². The average Bonchev–Trinajstić information content (AvgIpc) is 3.43. The van der Waals surface area contributed by atoms with E-state index in [0.717, 1.165) is 25.1 Å². The van der Waals surface area contributed by atoms with Gasteiger partial charge in [0.1, 0.15) is 5.60 Å². The molecule has 1 unspecified atom stereocenters. The van der Waals surface area contributed by atoms with Crippen LogP contribution in [0.25, 0.3) is 0 Å². The molecule has 1 aliphatic carbocycles. The van der Waals surface area contributed by atoms with Crippen LogP contribution in [0.2, 0.25) is 0 Å². The largest absolute Gasteiger partial charge is 0.444 e. The summed E-state index contributed by atoms with van der Waals surface area (Å²) < 4.78 is 5.30. The molecule has 0 heterocycles. The third kappa shape index (κ3) is 6.15. The SMILES string of the molecule is CCN(C)c1ccc(C(=O)NC(C)(CNC(=O)OC(C)(C)C)C2CC2)cc1. The number of carbonyl (C=O) groups is 2. The lowest BCUT2D eigenvalue weighted by molar-refractivity contribution is 0.0502. The third-order valence-corrected chi connectivity index (χ3v) is 4.92. The number of amides is 2. The van der Waals surface area contributed by atoms with Crippen molar-refractivity contribution in [2.75, 3.05) is 25.0 Å². The van der Waals surface area contributed by atoms with Gasteiger partial charge in [-0.05, 0) is 77.6 Å². The fourth-order valence-electron chi connectivity index (χ4n) is 2.96. The van der Waals surface area contributed by atoms with Gasteiger partial charge in [0.25, 0.3) is 5.91 Å². The average molecular weight is 376 g/mol. The van der Waals surface area contributed by atoms with Crippen molar-refractivity contribution in [1.29, 1.82) is 0 Å². The van der Waals surface area contributed by atoms with Crippen LogP contribution in [0.3, 0.4) is 0 Å². The smallest absolute Gasteiger partial charge is 0.407 e. The number of hydrogen-bond acceptors (Lipinski definition) is 4. The van der Waals surface area contributed by atoms with Gasteiger partial charge < -0.3 is 20.3 Å². The van der Waals surface area contributed by atoms with Crippen LogP contribution in [0.15, 0.2) is 24.3 Å². The van der Waals surface area contributed by atoms with Crippen LogP contribution in [0.1, 0.15) is 57.8 Å². The van der Waals surface area contributed by atoms with E-state index >= 15 is 0 Å². The fraction of sp³-hybridized carbons (Fsp3) is 0.619. The van der Waals surface area contributed by atoms with Gasteiger partial charge in [0.15, 0.2) is 0 Å². The van der Waals surface area contributed by atoms with Gasteiger partial charge in [0.05, 0.1) is 5.54 Å². The Morgan fingerprint density at radius 3 is 2.22 bits per heavy atom. The van der Waals surface area contributed by atoms with Crippen molar-refractivity contribution in [2.24, 2.45) is 5.92 Å². The van der Waals surface area contributed by atoms with Crippen LogP contribution in [0.5, 0.6) is 0 Å². The van der Waals surface area contributed by atoms with Crippen LogP contribution in [-0.2, 0) is 4.74 Å². The second-order valence-corrected chi connectivity index (χ2v) is 8.56. The molecule has 0 radical (unpaired) electrons. The number of nitrogens with zero attached hydrogens (tertiary/aromatic N) is 1. The van der Waals surface area contributed by atoms with Gasteiger partial charge in [-0.2, -0.15) is 0 Å². The maximum atomic E-state index is 12.7. The minimum atomic E-state index is -0.545. The standard InChI is InChI=1S/C21H33N3O3/c1-7-24(6)17-12-8-15(9-13-17)18(25)23-21(5,16-10-11-16)14-22-19(26)27-20(2,3)4/h8-9,12-13,16H,7,10-11,14H2,1-6H3,(H,22,26)(H,23,25). The minimum absolute atomic E-state index is 0.124. The molecule has 1 fully saturated rings. The fourth-order valence-corrected chi connectivity index (χ4v) is 2.96. The van der Waals surface area contributed by atoms with Gasteiger partial charge >= 0.3 is 6.09 Å². The summed E-state index contributed by atoms with van der Waals surface area (Å²) in [7, 11) is 2.02. The molecule has 150 valence electrons. The maximum absolute atomic E-state index is 12.7. The molecule has 1 atom stereocenters. The molecular formula is C21H33N3O3. The Morgan fingerprint density at radius 2 is 1.74 bits per heavy atom. The lowest BCUT2D eigenvalue weighted by Gasteiger charge is -2.32. The molecule has 27 heavy (non-hydrogen) atoms. The molecule has 2 rings (SSSR count). The van der Waals surface area contributed by atoms with Crippen molar-refractivity contribution >= 4 is 17.7 Å².